The molecule has 1 aromatic rings. The van der Waals surface area contributed by atoms with E-state index in [1.54, 1.807) is 6.07 Å². The molecule has 0 atom stereocenters. The SMILES string of the molecule is O=C(O)C/C(=C\c1ccc(Cl)cc1Cl)C(=O)O. The Hall–Kier alpha value is -1.52. The van der Waals surface area contributed by atoms with E-state index in [0.717, 1.165) is 0 Å². The fourth-order valence-corrected chi connectivity index (χ4v) is 1.62. The second kappa shape index (κ2) is 5.70. The predicted molar refractivity (Wildman–Crippen MR) is 64.3 cm³/mol. The van der Waals surface area contributed by atoms with Crippen molar-refractivity contribution in [2.45, 2.75) is 6.42 Å². The fourth-order valence-electron chi connectivity index (χ4n) is 1.16. The number of benzene rings is 1. The Kier molecular flexibility index (Phi) is 4.54. The van der Waals surface area contributed by atoms with Crippen LogP contribution in [0.1, 0.15) is 12.0 Å². The van der Waals surface area contributed by atoms with Crippen LogP contribution in [0.3, 0.4) is 0 Å². The van der Waals surface area contributed by atoms with Gasteiger partial charge in [0.25, 0.3) is 0 Å². The molecule has 90 valence electrons. The number of hydrogen-bond acceptors (Lipinski definition) is 2. The quantitative estimate of drug-likeness (QED) is 0.828. The summed E-state index contributed by atoms with van der Waals surface area (Å²) in [5, 5.41) is 18.1. The Morgan fingerprint density at radius 1 is 1.24 bits per heavy atom. The van der Waals surface area contributed by atoms with Crippen molar-refractivity contribution in [3.63, 3.8) is 0 Å². The van der Waals surface area contributed by atoms with E-state index in [9.17, 15) is 9.59 Å². The number of halogens is 2. The average Bonchev–Trinajstić information content (AvgIpc) is 2.19. The molecule has 0 spiro atoms. The van der Waals surface area contributed by atoms with Crippen LogP contribution in [0.4, 0.5) is 0 Å². The molecule has 17 heavy (non-hydrogen) atoms. The summed E-state index contributed by atoms with van der Waals surface area (Å²) in [5.41, 5.74) is 0.163. The molecule has 0 unspecified atom stereocenters. The Labute approximate surface area is 107 Å². The van der Waals surface area contributed by atoms with Gasteiger partial charge < -0.3 is 10.2 Å². The van der Waals surface area contributed by atoms with E-state index in [4.69, 9.17) is 33.4 Å². The van der Waals surface area contributed by atoms with Gasteiger partial charge in [0.05, 0.1) is 6.42 Å². The number of carboxylic acid groups (broad SMARTS) is 2. The number of rotatable bonds is 4. The first-order valence-electron chi connectivity index (χ1n) is 4.51. The normalized spacial score (nSPS) is 11.3. The van der Waals surface area contributed by atoms with Gasteiger partial charge in [-0.3, -0.25) is 4.79 Å². The molecule has 0 aliphatic rings. The van der Waals surface area contributed by atoms with Crippen LogP contribution in [0.2, 0.25) is 10.0 Å². The summed E-state index contributed by atoms with van der Waals surface area (Å²) in [6.45, 7) is 0. The second-order valence-electron chi connectivity index (χ2n) is 3.21. The van der Waals surface area contributed by atoms with Crippen LogP contribution in [0.25, 0.3) is 6.08 Å². The van der Waals surface area contributed by atoms with Gasteiger partial charge in [0.15, 0.2) is 0 Å². The molecule has 0 saturated carbocycles. The minimum Gasteiger partial charge on any atom is -0.481 e. The molecule has 1 aromatic carbocycles. The summed E-state index contributed by atoms with van der Waals surface area (Å²) in [5.74, 6) is -2.51. The number of carbonyl (C=O) groups is 2. The van der Waals surface area contributed by atoms with Gasteiger partial charge in [-0.05, 0) is 23.8 Å². The van der Waals surface area contributed by atoms with Crippen LogP contribution in [0.15, 0.2) is 23.8 Å². The van der Waals surface area contributed by atoms with Crippen LogP contribution in [-0.2, 0) is 9.59 Å². The number of aliphatic carboxylic acids is 2. The predicted octanol–water partition coefficient (Wildman–Crippen LogP) is 2.94. The van der Waals surface area contributed by atoms with Gasteiger partial charge in [-0.25, -0.2) is 4.79 Å². The summed E-state index contributed by atoms with van der Waals surface area (Å²) >= 11 is 11.5. The molecular weight excluding hydrogens is 267 g/mol. The zero-order valence-electron chi connectivity index (χ0n) is 8.48. The third-order valence-corrected chi connectivity index (χ3v) is 2.47. The van der Waals surface area contributed by atoms with Gasteiger partial charge in [0, 0.05) is 15.6 Å². The van der Waals surface area contributed by atoms with Gasteiger partial charge in [-0.2, -0.15) is 0 Å². The molecule has 6 heteroatoms. The van der Waals surface area contributed by atoms with Gasteiger partial charge in [-0.1, -0.05) is 29.3 Å². The van der Waals surface area contributed by atoms with Crippen LogP contribution >= 0.6 is 23.2 Å². The molecule has 0 heterocycles. The largest absolute Gasteiger partial charge is 0.481 e. The zero-order chi connectivity index (χ0) is 13.0. The summed E-state index contributed by atoms with van der Waals surface area (Å²) in [6.07, 6.45) is 0.642. The summed E-state index contributed by atoms with van der Waals surface area (Å²) < 4.78 is 0. The number of carboxylic acids is 2. The molecule has 4 nitrogen and oxygen atoms in total. The molecule has 0 saturated heterocycles. The van der Waals surface area contributed by atoms with Gasteiger partial charge in [0.2, 0.25) is 0 Å². The van der Waals surface area contributed by atoms with Gasteiger partial charge in [0.1, 0.15) is 0 Å². The van der Waals surface area contributed by atoms with Crippen LogP contribution in [0, 0.1) is 0 Å². The standard InChI is InChI=1S/C11H8Cl2O4/c12-8-2-1-6(9(13)5-8)3-7(11(16)17)4-10(14)15/h1-3,5H,4H2,(H,14,15)(H,16,17)/b7-3+. The van der Waals surface area contributed by atoms with E-state index < -0.39 is 18.4 Å². The first-order valence-corrected chi connectivity index (χ1v) is 5.26. The Morgan fingerprint density at radius 2 is 1.88 bits per heavy atom. The van der Waals surface area contributed by atoms with Crippen LogP contribution < -0.4 is 0 Å². The lowest BCUT2D eigenvalue weighted by Crippen LogP contribution is -2.06. The van der Waals surface area contributed by atoms with E-state index >= 15 is 0 Å². The van der Waals surface area contributed by atoms with E-state index in [0.29, 0.717) is 10.6 Å². The first-order chi connectivity index (χ1) is 7.90. The second-order valence-corrected chi connectivity index (χ2v) is 4.05. The maximum Gasteiger partial charge on any atom is 0.332 e. The highest BCUT2D eigenvalue weighted by Gasteiger charge is 2.12. The van der Waals surface area contributed by atoms with Crippen molar-refractivity contribution in [3.05, 3.63) is 39.4 Å². The first kappa shape index (κ1) is 13.5. The monoisotopic (exact) mass is 274 g/mol. The van der Waals surface area contributed by atoms with Crippen molar-refractivity contribution in [1.82, 2.24) is 0 Å². The van der Waals surface area contributed by atoms with Crippen molar-refractivity contribution < 1.29 is 19.8 Å². The van der Waals surface area contributed by atoms with Crippen molar-refractivity contribution in [3.8, 4) is 0 Å². The Balaban J connectivity index is 3.12. The topological polar surface area (TPSA) is 74.6 Å². The highest BCUT2D eigenvalue weighted by Crippen LogP contribution is 2.23. The van der Waals surface area contributed by atoms with E-state index in [1.165, 1.54) is 18.2 Å². The van der Waals surface area contributed by atoms with Crippen molar-refractivity contribution in [2.75, 3.05) is 0 Å². The summed E-state index contributed by atoms with van der Waals surface area (Å²) in [4.78, 5) is 21.3. The summed E-state index contributed by atoms with van der Waals surface area (Å²) in [7, 11) is 0. The molecule has 0 aliphatic heterocycles. The maximum absolute atomic E-state index is 10.8. The van der Waals surface area contributed by atoms with E-state index in [1.807, 2.05) is 0 Å². The van der Waals surface area contributed by atoms with Crippen LogP contribution in [-0.4, -0.2) is 22.2 Å². The van der Waals surface area contributed by atoms with Crippen LogP contribution in [0.5, 0.6) is 0 Å². The molecule has 0 aliphatic carbocycles. The van der Waals surface area contributed by atoms with E-state index in [-0.39, 0.29) is 10.6 Å². The molecular formula is C11H8Cl2O4. The molecule has 0 fully saturated rings. The third-order valence-electron chi connectivity index (χ3n) is 1.91. The fraction of sp³-hybridized carbons (Fsp3) is 0.0909. The molecule has 0 amide bonds. The van der Waals surface area contributed by atoms with Crippen molar-refractivity contribution in [1.29, 1.82) is 0 Å². The highest BCUT2D eigenvalue weighted by atomic mass is 35.5. The van der Waals surface area contributed by atoms with Crippen molar-refractivity contribution >= 4 is 41.2 Å². The lowest BCUT2D eigenvalue weighted by atomic mass is 10.1. The minimum absolute atomic E-state index is 0.248. The Bertz CT molecular complexity index is 494. The van der Waals surface area contributed by atoms with Crippen molar-refractivity contribution in [2.24, 2.45) is 0 Å². The molecule has 1 rings (SSSR count). The number of hydrogen-bond donors (Lipinski definition) is 2. The molecule has 2 N–H and O–H groups in total. The smallest absolute Gasteiger partial charge is 0.332 e. The third kappa shape index (κ3) is 4.09. The minimum atomic E-state index is -1.29. The highest BCUT2D eigenvalue weighted by molar-refractivity contribution is 6.35. The Morgan fingerprint density at radius 3 is 2.35 bits per heavy atom. The molecule has 0 aromatic heterocycles. The lowest BCUT2D eigenvalue weighted by molar-refractivity contribution is -0.139. The lowest BCUT2D eigenvalue weighted by Gasteiger charge is -2.02. The zero-order valence-corrected chi connectivity index (χ0v) is 10.00. The average molecular weight is 275 g/mol. The summed E-state index contributed by atoms with van der Waals surface area (Å²) in [6, 6.07) is 4.52. The van der Waals surface area contributed by atoms with E-state index in [2.05, 4.69) is 0 Å². The van der Waals surface area contributed by atoms with Gasteiger partial charge >= 0.3 is 11.9 Å². The molecule has 0 bridgehead atoms. The maximum atomic E-state index is 10.8. The molecule has 0 radical (unpaired) electrons. The van der Waals surface area contributed by atoms with Gasteiger partial charge in [-0.15, -0.1) is 0 Å².